The largest absolute Gasteiger partial charge is 0.484 e. The van der Waals surface area contributed by atoms with Crippen molar-refractivity contribution >= 4 is 11.6 Å². The Balaban J connectivity index is 1.89. The predicted molar refractivity (Wildman–Crippen MR) is 77.0 cm³/mol. The van der Waals surface area contributed by atoms with Crippen LogP contribution in [0.5, 0.6) is 5.75 Å². The van der Waals surface area contributed by atoms with Crippen molar-refractivity contribution in [1.29, 1.82) is 0 Å². The van der Waals surface area contributed by atoms with Crippen LogP contribution in [0.2, 0.25) is 0 Å². The van der Waals surface area contributed by atoms with Crippen molar-refractivity contribution in [3.8, 4) is 5.75 Å². The van der Waals surface area contributed by atoms with Crippen LogP contribution in [0.15, 0.2) is 24.3 Å². The van der Waals surface area contributed by atoms with Gasteiger partial charge in [0, 0.05) is 12.6 Å². The summed E-state index contributed by atoms with van der Waals surface area (Å²) >= 11 is 0. The van der Waals surface area contributed by atoms with Gasteiger partial charge in [0.05, 0.1) is 16.5 Å². The van der Waals surface area contributed by atoms with Gasteiger partial charge < -0.3 is 15.8 Å². The molecule has 1 aromatic carbocycles. The molecule has 0 aliphatic heterocycles. The van der Waals surface area contributed by atoms with Crippen molar-refractivity contribution in [3.63, 3.8) is 0 Å². The molecule has 0 atom stereocenters. The molecule has 1 aliphatic carbocycles. The van der Waals surface area contributed by atoms with Crippen molar-refractivity contribution in [2.45, 2.75) is 31.2 Å². The van der Waals surface area contributed by atoms with Crippen molar-refractivity contribution in [2.75, 3.05) is 13.2 Å². The van der Waals surface area contributed by atoms with E-state index in [-0.39, 0.29) is 23.7 Å². The van der Waals surface area contributed by atoms with Gasteiger partial charge in [-0.25, -0.2) is 0 Å². The average molecular weight is 293 g/mol. The van der Waals surface area contributed by atoms with E-state index >= 15 is 0 Å². The van der Waals surface area contributed by atoms with Gasteiger partial charge >= 0.3 is 0 Å². The van der Waals surface area contributed by atoms with Gasteiger partial charge in [0.2, 0.25) is 0 Å². The van der Waals surface area contributed by atoms with Gasteiger partial charge in [-0.05, 0) is 18.9 Å². The van der Waals surface area contributed by atoms with Gasteiger partial charge in [-0.2, -0.15) is 0 Å². The van der Waals surface area contributed by atoms with E-state index in [1.165, 1.54) is 18.2 Å². The van der Waals surface area contributed by atoms with Crippen LogP contribution in [0.3, 0.4) is 0 Å². The Morgan fingerprint density at radius 3 is 2.76 bits per heavy atom. The Morgan fingerprint density at radius 1 is 1.43 bits per heavy atom. The Morgan fingerprint density at radius 2 is 2.14 bits per heavy atom. The fourth-order valence-corrected chi connectivity index (χ4v) is 2.60. The number of hydrogen-bond acceptors (Lipinski definition) is 5. The first-order valence-corrected chi connectivity index (χ1v) is 6.93. The molecule has 1 aromatic rings. The summed E-state index contributed by atoms with van der Waals surface area (Å²) in [6.07, 6.45) is 3.88. The minimum absolute atomic E-state index is 0.0675. The molecular formula is C14H19N3O4. The number of nitrogens with two attached hydrogens (primary N) is 1. The number of nitro groups is 1. The number of amides is 1. The number of ether oxygens (including phenoxy) is 1. The lowest BCUT2D eigenvalue weighted by Crippen LogP contribution is -2.52. The zero-order valence-electron chi connectivity index (χ0n) is 11.7. The topological polar surface area (TPSA) is 107 Å². The first-order valence-electron chi connectivity index (χ1n) is 6.93. The van der Waals surface area contributed by atoms with E-state index in [2.05, 4.69) is 5.32 Å². The number of benzene rings is 1. The second kappa shape index (κ2) is 6.53. The standard InChI is InChI=1S/C14H19N3O4/c15-10-14(6-1-2-7-14)16-13(18)9-21-12-5-3-4-11(8-12)17(19)20/h3-5,8H,1-2,6-7,9-10,15H2,(H,16,18). The van der Waals surface area contributed by atoms with Gasteiger partial charge in [-0.3, -0.25) is 14.9 Å². The number of rotatable bonds is 6. The molecule has 114 valence electrons. The van der Waals surface area contributed by atoms with Gasteiger partial charge in [0.15, 0.2) is 6.61 Å². The summed E-state index contributed by atoms with van der Waals surface area (Å²) in [5.74, 6) is 0.0430. The smallest absolute Gasteiger partial charge is 0.273 e. The molecule has 2 rings (SSSR count). The second-order valence-corrected chi connectivity index (χ2v) is 5.28. The molecule has 21 heavy (non-hydrogen) atoms. The van der Waals surface area contributed by atoms with Crippen LogP contribution in [-0.4, -0.2) is 29.5 Å². The summed E-state index contributed by atoms with van der Waals surface area (Å²) in [4.78, 5) is 22.1. The van der Waals surface area contributed by atoms with Crippen LogP contribution in [0.25, 0.3) is 0 Å². The molecular weight excluding hydrogens is 274 g/mol. The number of nitrogens with one attached hydrogen (secondary N) is 1. The van der Waals surface area contributed by atoms with Gasteiger partial charge in [0.1, 0.15) is 5.75 Å². The highest BCUT2D eigenvalue weighted by atomic mass is 16.6. The third-order valence-electron chi connectivity index (χ3n) is 3.75. The number of carbonyl (C=O) groups excluding carboxylic acids is 1. The number of non-ortho nitro benzene ring substituents is 1. The van der Waals surface area contributed by atoms with E-state index in [0.29, 0.717) is 12.3 Å². The molecule has 0 aromatic heterocycles. The van der Waals surface area contributed by atoms with Crippen molar-refractivity contribution < 1.29 is 14.5 Å². The highest BCUT2D eigenvalue weighted by molar-refractivity contribution is 5.78. The van der Waals surface area contributed by atoms with Crippen LogP contribution in [-0.2, 0) is 4.79 Å². The quantitative estimate of drug-likeness (QED) is 0.608. The third-order valence-corrected chi connectivity index (χ3v) is 3.75. The zero-order valence-corrected chi connectivity index (χ0v) is 11.7. The Labute approximate surface area is 122 Å². The first-order chi connectivity index (χ1) is 10.0. The van der Waals surface area contributed by atoms with E-state index in [0.717, 1.165) is 25.7 Å². The van der Waals surface area contributed by atoms with E-state index in [1.807, 2.05) is 0 Å². The van der Waals surface area contributed by atoms with Gasteiger partial charge in [0.25, 0.3) is 11.6 Å². The Hall–Kier alpha value is -2.15. The van der Waals surface area contributed by atoms with Gasteiger partial charge in [-0.15, -0.1) is 0 Å². The number of nitrogens with zero attached hydrogens (tertiary/aromatic N) is 1. The summed E-state index contributed by atoms with van der Waals surface area (Å²) in [7, 11) is 0. The van der Waals surface area contributed by atoms with Crippen LogP contribution in [0.4, 0.5) is 5.69 Å². The minimum Gasteiger partial charge on any atom is -0.484 e. The lowest BCUT2D eigenvalue weighted by molar-refractivity contribution is -0.384. The van der Waals surface area contributed by atoms with Crippen molar-refractivity contribution in [3.05, 3.63) is 34.4 Å². The van der Waals surface area contributed by atoms with Crippen LogP contribution in [0.1, 0.15) is 25.7 Å². The number of nitro benzene ring substituents is 1. The van der Waals surface area contributed by atoms with E-state index in [4.69, 9.17) is 10.5 Å². The van der Waals surface area contributed by atoms with E-state index < -0.39 is 4.92 Å². The predicted octanol–water partition coefficient (Wildman–Crippen LogP) is 1.36. The molecule has 0 radical (unpaired) electrons. The fraction of sp³-hybridized carbons (Fsp3) is 0.500. The minimum atomic E-state index is -0.505. The van der Waals surface area contributed by atoms with E-state index in [1.54, 1.807) is 6.07 Å². The lowest BCUT2D eigenvalue weighted by Gasteiger charge is -2.28. The molecule has 7 heteroatoms. The Kier molecular flexibility index (Phi) is 4.74. The molecule has 1 aliphatic rings. The van der Waals surface area contributed by atoms with Crippen molar-refractivity contribution in [1.82, 2.24) is 5.32 Å². The normalized spacial score (nSPS) is 16.4. The highest BCUT2D eigenvalue weighted by Crippen LogP contribution is 2.28. The molecule has 0 saturated heterocycles. The van der Waals surface area contributed by atoms with Gasteiger partial charge in [-0.1, -0.05) is 18.9 Å². The third kappa shape index (κ3) is 3.91. The van der Waals surface area contributed by atoms with E-state index in [9.17, 15) is 14.9 Å². The summed E-state index contributed by atoms with van der Waals surface area (Å²) < 4.78 is 5.30. The Bertz CT molecular complexity index is 527. The summed E-state index contributed by atoms with van der Waals surface area (Å²) in [5.41, 5.74) is 5.36. The monoisotopic (exact) mass is 293 g/mol. The highest BCUT2D eigenvalue weighted by Gasteiger charge is 2.33. The average Bonchev–Trinajstić information content (AvgIpc) is 2.94. The number of hydrogen-bond donors (Lipinski definition) is 2. The maximum absolute atomic E-state index is 11.9. The summed E-state index contributed by atoms with van der Waals surface area (Å²) in [5, 5.41) is 13.6. The van der Waals surface area contributed by atoms with Crippen LogP contribution >= 0.6 is 0 Å². The SMILES string of the molecule is NCC1(NC(=O)COc2cccc([N+](=O)[O-])c2)CCCC1. The molecule has 1 fully saturated rings. The second-order valence-electron chi connectivity index (χ2n) is 5.28. The molecule has 1 amide bonds. The maximum atomic E-state index is 11.9. The zero-order chi connectivity index (χ0) is 15.3. The summed E-state index contributed by atoms with van der Waals surface area (Å²) in [6.45, 7) is 0.235. The summed E-state index contributed by atoms with van der Waals surface area (Å²) in [6, 6.07) is 5.76. The first kappa shape index (κ1) is 15.2. The molecule has 3 N–H and O–H groups in total. The molecule has 0 spiro atoms. The lowest BCUT2D eigenvalue weighted by atomic mass is 9.98. The molecule has 0 bridgehead atoms. The van der Waals surface area contributed by atoms with Crippen molar-refractivity contribution in [2.24, 2.45) is 5.73 Å². The van der Waals surface area contributed by atoms with Crippen LogP contribution in [0, 0.1) is 10.1 Å². The fourth-order valence-electron chi connectivity index (χ4n) is 2.60. The molecule has 1 saturated carbocycles. The molecule has 7 nitrogen and oxygen atoms in total. The molecule has 0 unspecified atom stereocenters. The molecule has 0 heterocycles. The van der Waals surface area contributed by atoms with Crippen LogP contribution < -0.4 is 15.8 Å². The maximum Gasteiger partial charge on any atom is 0.273 e. The number of carbonyl (C=O) groups is 1.